The molecule has 0 aromatic carbocycles. The Hall–Kier alpha value is -0.570. The number of piperidine rings is 1. The molecule has 1 heterocycles. The van der Waals surface area contributed by atoms with Crippen LogP contribution in [0.3, 0.4) is 0 Å². The highest BCUT2D eigenvalue weighted by Crippen LogP contribution is 1.98. The molecule has 0 spiro atoms. The summed E-state index contributed by atoms with van der Waals surface area (Å²) in [7, 11) is 0. The number of carbonyl (C=O) groups is 1. The Morgan fingerprint density at radius 1 is 1.70 bits per heavy atom. The van der Waals surface area contributed by atoms with Gasteiger partial charge in [-0.3, -0.25) is 4.79 Å². The molecule has 1 fully saturated rings. The van der Waals surface area contributed by atoms with Crippen LogP contribution in [0.25, 0.3) is 0 Å². The fraction of sp³-hybridized carbons (Fsp3) is 0.857. The summed E-state index contributed by atoms with van der Waals surface area (Å²) in [6.45, 7) is 2.82. The summed E-state index contributed by atoms with van der Waals surface area (Å²) in [5.41, 5.74) is 0. The minimum Gasteiger partial charge on any atom is -0.397 e. The number of aliphatic hydroxyl groups excluding tert-OH is 1. The predicted octanol–water partition coefficient (Wildman–Crippen LogP) is 0.531. The van der Waals surface area contributed by atoms with Crippen LogP contribution >= 0.6 is 0 Å². The van der Waals surface area contributed by atoms with Crippen molar-refractivity contribution in [3.05, 3.63) is 0 Å². The Bertz CT molecular complexity index is 90.4. The Kier molecular flexibility index (Phi) is 6.18. The molecular formula is C7H17NO2. The molecule has 1 aliphatic heterocycles. The number of hydrogen-bond acceptors (Lipinski definition) is 2. The molecule has 3 nitrogen and oxygen atoms in total. The molecule has 10 heavy (non-hydrogen) atoms. The SMILES string of the molecule is CCO.O=C1CCCCN1.[HH]. The van der Waals surface area contributed by atoms with Crippen molar-refractivity contribution < 1.29 is 11.3 Å². The summed E-state index contributed by atoms with van der Waals surface area (Å²) in [5.74, 6) is 0.214. The van der Waals surface area contributed by atoms with E-state index in [1.807, 2.05) is 0 Å². The highest BCUT2D eigenvalue weighted by molar-refractivity contribution is 5.76. The largest absolute Gasteiger partial charge is 0.397 e. The fourth-order valence-electron chi connectivity index (χ4n) is 0.727. The molecule has 1 saturated heterocycles. The van der Waals surface area contributed by atoms with E-state index in [4.69, 9.17) is 5.11 Å². The highest BCUT2D eigenvalue weighted by Gasteiger charge is 2.04. The van der Waals surface area contributed by atoms with E-state index in [9.17, 15) is 4.79 Å². The van der Waals surface area contributed by atoms with Crippen molar-refractivity contribution in [2.24, 2.45) is 0 Å². The van der Waals surface area contributed by atoms with Crippen LogP contribution in [0.2, 0.25) is 0 Å². The van der Waals surface area contributed by atoms with Crippen LogP contribution in [0.5, 0.6) is 0 Å². The van der Waals surface area contributed by atoms with Crippen molar-refractivity contribution in [1.82, 2.24) is 5.32 Å². The molecule has 3 heteroatoms. The third kappa shape index (κ3) is 5.56. The smallest absolute Gasteiger partial charge is 0.219 e. The lowest BCUT2D eigenvalue weighted by molar-refractivity contribution is -0.122. The molecule has 0 aromatic rings. The van der Waals surface area contributed by atoms with Crippen LogP contribution < -0.4 is 5.32 Å². The van der Waals surface area contributed by atoms with Crippen LogP contribution in [-0.4, -0.2) is 24.2 Å². The summed E-state index contributed by atoms with van der Waals surface area (Å²) < 4.78 is 0. The third-order valence-electron chi connectivity index (χ3n) is 1.15. The van der Waals surface area contributed by atoms with E-state index in [0.29, 0.717) is 0 Å². The van der Waals surface area contributed by atoms with Crippen molar-refractivity contribution in [2.45, 2.75) is 26.2 Å². The first-order valence-corrected chi connectivity index (χ1v) is 3.68. The van der Waals surface area contributed by atoms with Gasteiger partial charge in [-0.1, -0.05) is 0 Å². The lowest BCUT2D eigenvalue weighted by atomic mass is 10.2. The summed E-state index contributed by atoms with van der Waals surface area (Å²) in [6.07, 6.45) is 2.97. The second kappa shape index (κ2) is 6.55. The van der Waals surface area contributed by atoms with Gasteiger partial charge in [-0.15, -0.1) is 0 Å². The summed E-state index contributed by atoms with van der Waals surface area (Å²) in [4.78, 5) is 10.4. The van der Waals surface area contributed by atoms with Crippen molar-refractivity contribution in [2.75, 3.05) is 13.2 Å². The molecule has 1 rings (SSSR count). The third-order valence-corrected chi connectivity index (χ3v) is 1.15. The number of nitrogens with one attached hydrogen (secondary N) is 1. The molecule has 1 aliphatic rings. The number of carbonyl (C=O) groups excluding carboxylic acids is 1. The van der Waals surface area contributed by atoms with E-state index >= 15 is 0 Å². The van der Waals surface area contributed by atoms with Gasteiger partial charge in [0.25, 0.3) is 0 Å². The zero-order valence-electron chi connectivity index (χ0n) is 6.39. The first kappa shape index (κ1) is 9.43. The topological polar surface area (TPSA) is 49.3 Å². The normalized spacial score (nSPS) is 16.8. The van der Waals surface area contributed by atoms with Gasteiger partial charge < -0.3 is 10.4 Å². The molecule has 0 bridgehead atoms. The summed E-state index contributed by atoms with van der Waals surface area (Å²) in [5, 5.41) is 10.3. The Labute approximate surface area is 62.9 Å². The molecule has 0 radical (unpaired) electrons. The average molecular weight is 147 g/mol. The number of rotatable bonds is 0. The minimum absolute atomic E-state index is 0. The van der Waals surface area contributed by atoms with E-state index in [-0.39, 0.29) is 13.9 Å². The maximum Gasteiger partial charge on any atom is 0.219 e. The Morgan fingerprint density at radius 3 is 2.50 bits per heavy atom. The number of hydrogen-bond donors (Lipinski definition) is 2. The zero-order chi connectivity index (χ0) is 7.82. The van der Waals surface area contributed by atoms with Crippen LogP contribution in [0.1, 0.15) is 27.6 Å². The average Bonchev–Trinajstić information content (AvgIpc) is 1.91. The molecule has 0 aromatic heterocycles. The fourth-order valence-corrected chi connectivity index (χ4v) is 0.727. The van der Waals surface area contributed by atoms with Gasteiger partial charge in [-0.25, -0.2) is 0 Å². The summed E-state index contributed by atoms with van der Waals surface area (Å²) in [6, 6.07) is 0. The molecule has 0 aliphatic carbocycles. The maximum absolute atomic E-state index is 10.4. The summed E-state index contributed by atoms with van der Waals surface area (Å²) >= 11 is 0. The van der Waals surface area contributed by atoms with Gasteiger partial charge in [0.05, 0.1) is 0 Å². The monoisotopic (exact) mass is 147 g/mol. The molecular weight excluding hydrogens is 130 g/mol. The highest BCUT2D eigenvalue weighted by atomic mass is 16.2. The second-order valence-electron chi connectivity index (χ2n) is 2.12. The quantitative estimate of drug-likeness (QED) is 0.525. The standard InChI is InChI=1S/C5H9NO.C2H6O.H2/c7-5-3-1-2-4-6-5;1-2-3;/h1-4H2,(H,6,7);3H,2H2,1H3;1H. The molecule has 62 valence electrons. The van der Waals surface area contributed by atoms with E-state index < -0.39 is 0 Å². The van der Waals surface area contributed by atoms with Gasteiger partial charge in [0.1, 0.15) is 0 Å². The van der Waals surface area contributed by atoms with Crippen LogP contribution in [0.15, 0.2) is 0 Å². The van der Waals surface area contributed by atoms with Crippen LogP contribution in [0, 0.1) is 0 Å². The van der Waals surface area contributed by atoms with Crippen LogP contribution in [0.4, 0.5) is 0 Å². The van der Waals surface area contributed by atoms with Gasteiger partial charge in [0, 0.05) is 21.0 Å². The molecule has 0 saturated carbocycles. The maximum atomic E-state index is 10.4. The molecule has 1 amide bonds. The van der Waals surface area contributed by atoms with E-state index in [1.54, 1.807) is 6.92 Å². The van der Waals surface area contributed by atoms with Gasteiger partial charge in [0.15, 0.2) is 0 Å². The Morgan fingerprint density at radius 2 is 2.30 bits per heavy atom. The molecule has 2 N–H and O–H groups in total. The van der Waals surface area contributed by atoms with E-state index in [0.717, 1.165) is 25.8 Å². The molecule has 0 unspecified atom stereocenters. The van der Waals surface area contributed by atoms with Crippen LogP contribution in [-0.2, 0) is 4.79 Å². The lowest BCUT2D eigenvalue weighted by Crippen LogP contribution is -2.28. The van der Waals surface area contributed by atoms with Gasteiger partial charge >= 0.3 is 0 Å². The molecule has 0 atom stereocenters. The van der Waals surface area contributed by atoms with Crippen molar-refractivity contribution in [3.63, 3.8) is 0 Å². The van der Waals surface area contributed by atoms with E-state index in [1.165, 1.54) is 0 Å². The van der Waals surface area contributed by atoms with Crippen molar-refractivity contribution in [1.29, 1.82) is 0 Å². The number of amides is 1. The van der Waals surface area contributed by atoms with Crippen molar-refractivity contribution >= 4 is 5.91 Å². The van der Waals surface area contributed by atoms with E-state index in [2.05, 4.69) is 5.32 Å². The van der Waals surface area contributed by atoms with Gasteiger partial charge in [0.2, 0.25) is 5.91 Å². The number of aliphatic hydroxyl groups is 1. The lowest BCUT2D eigenvalue weighted by Gasteiger charge is -2.08. The van der Waals surface area contributed by atoms with Gasteiger partial charge in [-0.2, -0.15) is 0 Å². The zero-order valence-corrected chi connectivity index (χ0v) is 6.39. The van der Waals surface area contributed by atoms with Gasteiger partial charge in [-0.05, 0) is 19.8 Å². The first-order chi connectivity index (χ1) is 4.81. The predicted molar refractivity (Wildman–Crippen MR) is 41.7 cm³/mol. The van der Waals surface area contributed by atoms with Crippen molar-refractivity contribution in [3.8, 4) is 0 Å². The minimum atomic E-state index is 0. The second-order valence-corrected chi connectivity index (χ2v) is 2.12. The Balaban J connectivity index is 0. The first-order valence-electron chi connectivity index (χ1n) is 3.68.